The molecule has 1 saturated heterocycles. The number of rotatable bonds is 1. The molecule has 0 atom stereocenters. The molecule has 0 N–H and O–H groups in total. The number of hydrogen-bond acceptors (Lipinski definition) is 2. The highest BCUT2D eigenvalue weighted by atomic mass is 79.9. The summed E-state index contributed by atoms with van der Waals surface area (Å²) in [7, 11) is 2.19. The minimum Gasteiger partial charge on any atom is -0.327 e. The summed E-state index contributed by atoms with van der Waals surface area (Å²) in [5.41, 5.74) is 2.33. The van der Waals surface area contributed by atoms with Gasteiger partial charge >= 0.3 is 0 Å². The van der Waals surface area contributed by atoms with Crippen molar-refractivity contribution in [3.8, 4) is 0 Å². The maximum absolute atomic E-state index is 4.49. The number of nitrogens with zero attached hydrogens (tertiary/aromatic N) is 3. The van der Waals surface area contributed by atoms with E-state index in [9.17, 15) is 0 Å². The third-order valence-electron chi connectivity index (χ3n) is 3.62. The molecule has 1 fully saturated rings. The van der Waals surface area contributed by atoms with Gasteiger partial charge in [-0.2, -0.15) is 0 Å². The fraction of sp³-hybridized carbons (Fsp3) is 0.462. The molecule has 0 unspecified atom stereocenters. The molecule has 0 aliphatic carbocycles. The lowest BCUT2D eigenvalue weighted by Crippen LogP contribution is -2.31. The summed E-state index contributed by atoms with van der Waals surface area (Å²) in [6, 6.07) is 6.94. The zero-order valence-electron chi connectivity index (χ0n) is 9.93. The standard InChI is InChI=1S/C13H16BrN3/c1-16-6-4-11(5-7-16)17-9-15-12-8-10(14)2-3-13(12)17/h2-3,8-9,11H,4-7H2,1H3. The molecule has 1 aliphatic heterocycles. The van der Waals surface area contributed by atoms with Crippen molar-refractivity contribution < 1.29 is 0 Å². The first kappa shape index (κ1) is 11.2. The highest BCUT2D eigenvalue weighted by Crippen LogP contribution is 2.27. The van der Waals surface area contributed by atoms with Crippen LogP contribution in [0.15, 0.2) is 29.0 Å². The van der Waals surface area contributed by atoms with Crippen molar-refractivity contribution in [2.24, 2.45) is 0 Å². The molecule has 1 aromatic carbocycles. The Hall–Kier alpha value is -0.870. The maximum Gasteiger partial charge on any atom is 0.0960 e. The molecule has 1 aliphatic rings. The van der Waals surface area contributed by atoms with Crippen LogP contribution >= 0.6 is 15.9 Å². The predicted molar refractivity (Wildman–Crippen MR) is 73.2 cm³/mol. The van der Waals surface area contributed by atoms with Crippen LogP contribution in [-0.2, 0) is 0 Å². The van der Waals surface area contributed by atoms with Crippen molar-refractivity contribution in [1.29, 1.82) is 0 Å². The van der Waals surface area contributed by atoms with E-state index in [2.05, 4.69) is 55.6 Å². The normalized spacial score (nSPS) is 18.9. The molecular formula is C13H16BrN3. The topological polar surface area (TPSA) is 21.1 Å². The second-order valence-corrected chi connectivity index (χ2v) is 5.74. The van der Waals surface area contributed by atoms with Crippen LogP contribution in [-0.4, -0.2) is 34.6 Å². The van der Waals surface area contributed by atoms with Gasteiger partial charge in [0, 0.05) is 10.5 Å². The quantitative estimate of drug-likeness (QED) is 0.806. The van der Waals surface area contributed by atoms with Gasteiger partial charge in [-0.05, 0) is 51.2 Å². The first-order valence-corrected chi connectivity index (χ1v) is 6.84. The Kier molecular flexibility index (Phi) is 2.92. The lowest BCUT2D eigenvalue weighted by Gasteiger charge is -2.30. The molecule has 90 valence electrons. The highest BCUT2D eigenvalue weighted by molar-refractivity contribution is 9.10. The lowest BCUT2D eigenvalue weighted by molar-refractivity contribution is 0.223. The number of aromatic nitrogens is 2. The van der Waals surface area contributed by atoms with Gasteiger partial charge in [-0.15, -0.1) is 0 Å². The Morgan fingerprint density at radius 3 is 2.82 bits per heavy atom. The molecule has 0 amide bonds. The molecule has 17 heavy (non-hydrogen) atoms. The summed E-state index contributed by atoms with van der Waals surface area (Å²) in [6.07, 6.45) is 4.43. The van der Waals surface area contributed by atoms with Crippen molar-refractivity contribution in [3.63, 3.8) is 0 Å². The van der Waals surface area contributed by atoms with Crippen molar-refractivity contribution in [1.82, 2.24) is 14.5 Å². The summed E-state index contributed by atoms with van der Waals surface area (Å²) >= 11 is 3.49. The first-order valence-electron chi connectivity index (χ1n) is 6.04. The van der Waals surface area contributed by atoms with Gasteiger partial charge in [0.25, 0.3) is 0 Å². The van der Waals surface area contributed by atoms with Crippen molar-refractivity contribution in [2.45, 2.75) is 18.9 Å². The van der Waals surface area contributed by atoms with Gasteiger partial charge in [0.05, 0.1) is 17.4 Å². The van der Waals surface area contributed by atoms with Crippen LogP contribution in [0.1, 0.15) is 18.9 Å². The van der Waals surface area contributed by atoms with Crippen molar-refractivity contribution >= 4 is 27.0 Å². The predicted octanol–water partition coefficient (Wildman–Crippen LogP) is 3.07. The summed E-state index contributed by atoms with van der Waals surface area (Å²) in [5.74, 6) is 0. The van der Waals surface area contributed by atoms with E-state index in [1.54, 1.807) is 0 Å². The monoisotopic (exact) mass is 293 g/mol. The second-order valence-electron chi connectivity index (χ2n) is 4.82. The van der Waals surface area contributed by atoms with E-state index >= 15 is 0 Å². The summed E-state index contributed by atoms with van der Waals surface area (Å²) in [5, 5.41) is 0. The van der Waals surface area contributed by atoms with E-state index in [1.165, 1.54) is 31.4 Å². The Morgan fingerprint density at radius 2 is 2.06 bits per heavy atom. The van der Waals surface area contributed by atoms with Crippen LogP contribution in [0, 0.1) is 0 Å². The van der Waals surface area contributed by atoms with Gasteiger partial charge in [-0.1, -0.05) is 15.9 Å². The first-order chi connectivity index (χ1) is 8.24. The summed E-state index contributed by atoms with van der Waals surface area (Å²) in [6.45, 7) is 2.36. The molecule has 3 nitrogen and oxygen atoms in total. The Bertz CT molecular complexity index is 526. The van der Waals surface area contributed by atoms with Gasteiger partial charge in [-0.25, -0.2) is 4.98 Å². The van der Waals surface area contributed by atoms with Crippen molar-refractivity contribution in [2.75, 3.05) is 20.1 Å². The number of halogens is 1. The number of fused-ring (bicyclic) bond motifs is 1. The molecule has 0 bridgehead atoms. The number of hydrogen-bond donors (Lipinski definition) is 0. The Balaban J connectivity index is 1.95. The zero-order chi connectivity index (χ0) is 11.8. The van der Waals surface area contributed by atoms with Crippen LogP contribution < -0.4 is 0 Å². The Labute approximate surface area is 110 Å². The third-order valence-corrected chi connectivity index (χ3v) is 4.11. The van der Waals surface area contributed by atoms with E-state index in [4.69, 9.17) is 0 Å². The van der Waals surface area contributed by atoms with Crippen molar-refractivity contribution in [3.05, 3.63) is 29.0 Å². The molecule has 3 rings (SSSR count). The number of imidazole rings is 1. The van der Waals surface area contributed by atoms with Crippen LogP contribution in [0.3, 0.4) is 0 Å². The van der Waals surface area contributed by atoms with Gasteiger partial charge in [-0.3, -0.25) is 0 Å². The number of likely N-dealkylation sites (tertiary alicyclic amines) is 1. The average molecular weight is 294 g/mol. The highest BCUT2D eigenvalue weighted by Gasteiger charge is 2.19. The zero-order valence-corrected chi connectivity index (χ0v) is 11.5. The fourth-order valence-electron chi connectivity index (χ4n) is 2.57. The molecule has 2 heterocycles. The molecule has 1 aromatic heterocycles. The maximum atomic E-state index is 4.49. The van der Waals surface area contributed by atoms with Gasteiger partial charge < -0.3 is 9.47 Å². The minimum atomic E-state index is 0.609. The molecule has 0 saturated carbocycles. The van der Waals surface area contributed by atoms with E-state index in [0.29, 0.717) is 6.04 Å². The van der Waals surface area contributed by atoms with E-state index in [1.807, 2.05) is 6.33 Å². The second kappa shape index (κ2) is 4.42. The molecule has 4 heteroatoms. The largest absolute Gasteiger partial charge is 0.327 e. The number of piperidine rings is 1. The Morgan fingerprint density at radius 1 is 1.29 bits per heavy atom. The van der Waals surface area contributed by atoms with E-state index in [0.717, 1.165) is 9.99 Å². The van der Waals surface area contributed by atoms with Gasteiger partial charge in [0.1, 0.15) is 0 Å². The molecule has 2 aromatic rings. The van der Waals surface area contributed by atoms with Crippen LogP contribution in [0.5, 0.6) is 0 Å². The summed E-state index contributed by atoms with van der Waals surface area (Å²) in [4.78, 5) is 6.89. The third kappa shape index (κ3) is 2.11. The molecule has 0 spiro atoms. The van der Waals surface area contributed by atoms with E-state index < -0.39 is 0 Å². The van der Waals surface area contributed by atoms with Gasteiger partial charge in [0.2, 0.25) is 0 Å². The smallest absolute Gasteiger partial charge is 0.0960 e. The van der Waals surface area contributed by atoms with Crippen LogP contribution in [0.25, 0.3) is 11.0 Å². The lowest BCUT2D eigenvalue weighted by atomic mass is 10.1. The number of benzene rings is 1. The van der Waals surface area contributed by atoms with E-state index in [-0.39, 0.29) is 0 Å². The summed E-state index contributed by atoms with van der Waals surface area (Å²) < 4.78 is 3.44. The van der Waals surface area contributed by atoms with Gasteiger partial charge in [0.15, 0.2) is 0 Å². The molecule has 0 radical (unpaired) electrons. The minimum absolute atomic E-state index is 0.609. The fourth-order valence-corrected chi connectivity index (χ4v) is 2.92. The SMILES string of the molecule is CN1CCC(n2cnc3cc(Br)ccc32)CC1. The average Bonchev–Trinajstić information content (AvgIpc) is 2.73. The van der Waals surface area contributed by atoms with Crippen LogP contribution in [0.2, 0.25) is 0 Å². The van der Waals surface area contributed by atoms with Crippen LogP contribution in [0.4, 0.5) is 0 Å². The molecular weight excluding hydrogens is 278 g/mol.